The first kappa shape index (κ1) is 15.0. The summed E-state index contributed by atoms with van der Waals surface area (Å²) in [6, 6.07) is 6.09. The number of aryl methyl sites for hydroxylation is 1. The van der Waals surface area contributed by atoms with Gasteiger partial charge in [-0.15, -0.1) is 0 Å². The van der Waals surface area contributed by atoms with E-state index in [0.29, 0.717) is 0 Å². The van der Waals surface area contributed by atoms with Crippen molar-refractivity contribution in [1.82, 2.24) is 5.32 Å². The highest BCUT2D eigenvalue weighted by Gasteiger charge is 2.08. The lowest BCUT2D eigenvalue weighted by Crippen LogP contribution is -2.31. The summed E-state index contributed by atoms with van der Waals surface area (Å²) in [5.41, 5.74) is 2.66. The maximum absolute atomic E-state index is 11.7. The molecule has 0 bridgehead atoms. The zero-order valence-electron chi connectivity index (χ0n) is 11.8. The standard InChI is InChI=1S/C14H21N3O2/c1-9(2)16-12-6-5-10(3)7-13(12)17-14(19)8-15-11(4)18/h5-7,9,16H,8H2,1-4H3,(H,15,18)(H,17,19). The minimum Gasteiger partial charge on any atom is -0.381 e. The maximum atomic E-state index is 11.7. The van der Waals surface area contributed by atoms with Crippen molar-refractivity contribution in [1.29, 1.82) is 0 Å². The van der Waals surface area contributed by atoms with Crippen LogP contribution in [0.1, 0.15) is 26.3 Å². The van der Waals surface area contributed by atoms with Gasteiger partial charge in [-0.05, 0) is 38.5 Å². The summed E-state index contributed by atoms with van der Waals surface area (Å²) in [4.78, 5) is 22.5. The van der Waals surface area contributed by atoms with Crippen molar-refractivity contribution in [2.75, 3.05) is 17.2 Å². The Bertz CT molecular complexity index is 470. The lowest BCUT2D eigenvalue weighted by molar-refractivity contribution is -0.122. The fourth-order valence-corrected chi connectivity index (χ4v) is 1.60. The second-order valence-corrected chi connectivity index (χ2v) is 4.81. The van der Waals surface area contributed by atoms with Crippen LogP contribution in [0, 0.1) is 6.92 Å². The molecule has 0 heterocycles. The van der Waals surface area contributed by atoms with Crippen molar-refractivity contribution in [3.8, 4) is 0 Å². The van der Waals surface area contributed by atoms with Gasteiger partial charge in [-0.1, -0.05) is 6.07 Å². The highest BCUT2D eigenvalue weighted by molar-refractivity contribution is 5.97. The molecule has 1 aromatic carbocycles. The topological polar surface area (TPSA) is 70.2 Å². The molecule has 5 heteroatoms. The fraction of sp³-hybridized carbons (Fsp3) is 0.429. The van der Waals surface area contributed by atoms with E-state index in [2.05, 4.69) is 16.0 Å². The second kappa shape index (κ2) is 6.78. The van der Waals surface area contributed by atoms with Gasteiger partial charge in [-0.2, -0.15) is 0 Å². The summed E-state index contributed by atoms with van der Waals surface area (Å²) in [5, 5.41) is 8.53. The van der Waals surface area contributed by atoms with Crippen LogP contribution in [0.3, 0.4) is 0 Å². The van der Waals surface area contributed by atoms with Gasteiger partial charge in [0.05, 0.1) is 17.9 Å². The Balaban J connectivity index is 2.77. The largest absolute Gasteiger partial charge is 0.381 e. The van der Waals surface area contributed by atoms with Gasteiger partial charge in [0.2, 0.25) is 11.8 Å². The van der Waals surface area contributed by atoms with Crippen molar-refractivity contribution < 1.29 is 9.59 Å². The first-order valence-electron chi connectivity index (χ1n) is 6.30. The van der Waals surface area contributed by atoms with Crippen LogP contribution in [0.25, 0.3) is 0 Å². The zero-order chi connectivity index (χ0) is 14.4. The molecule has 0 spiro atoms. The quantitative estimate of drug-likeness (QED) is 0.759. The zero-order valence-corrected chi connectivity index (χ0v) is 11.8. The van der Waals surface area contributed by atoms with E-state index in [1.165, 1.54) is 6.92 Å². The summed E-state index contributed by atoms with van der Waals surface area (Å²) >= 11 is 0. The van der Waals surface area contributed by atoms with Crippen molar-refractivity contribution in [2.45, 2.75) is 33.7 Å². The van der Waals surface area contributed by atoms with Gasteiger partial charge in [-0.3, -0.25) is 9.59 Å². The summed E-state index contributed by atoms with van der Waals surface area (Å²) in [6.45, 7) is 7.38. The van der Waals surface area contributed by atoms with Crippen molar-refractivity contribution in [3.63, 3.8) is 0 Å². The Morgan fingerprint density at radius 1 is 1.21 bits per heavy atom. The number of rotatable bonds is 5. The summed E-state index contributed by atoms with van der Waals surface area (Å²) in [5.74, 6) is -0.465. The van der Waals surface area contributed by atoms with E-state index in [9.17, 15) is 9.59 Å². The Hall–Kier alpha value is -2.04. The third-order valence-corrected chi connectivity index (χ3v) is 2.39. The SMILES string of the molecule is CC(=O)NCC(=O)Nc1cc(C)ccc1NC(C)C. The molecule has 3 N–H and O–H groups in total. The van der Waals surface area contributed by atoms with Crippen LogP contribution in [-0.2, 0) is 9.59 Å². The lowest BCUT2D eigenvalue weighted by atomic mass is 10.1. The molecule has 1 rings (SSSR count). The summed E-state index contributed by atoms with van der Waals surface area (Å²) < 4.78 is 0. The predicted octanol–water partition coefficient (Wildman–Crippen LogP) is 1.89. The lowest BCUT2D eigenvalue weighted by Gasteiger charge is -2.16. The van der Waals surface area contributed by atoms with E-state index in [1.54, 1.807) is 0 Å². The normalized spacial score (nSPS) is 10.2. The second-order valence-electron chi connectivity index (χ2n) is 4.81. The molecule has 19 heavy (non-hydrogen) atoms. The van der Waals surface area contributed by atoms with Gasteiger partial charge < -0.3 is 16.0 Å². The van der Waals surface area contributed by atoms with Crippen LogP contribution >= 0.6 is 0 Å². The van der Waals surface area contributed by atoms with Crippen molar-refractivity contribution in [3.05, 3.63) is 23.8 Å². The van der Waals surface area contributed by atoms with E-state index in [0.717, 1.165) is 16.9 Å². The monoisotopic (exact) mass is 263 g/mol. The summed E-state index contributed by atoms with van der Waals surface area (Å²) in [7, 11) is 0. The number of hydrogen-bond acceptors (Lipinski definition) is 3. The van der Waals surface area contributed by atoms with E-state index in [-0.39, 0.29) is 24.4 Å². The molecule has 0 fully saturated rings. The number of hydrogen-bond donors (Lipinski definition) is 3. The predicted molar refractivity (Wildman–Crippen MR) is 77.3 cm³/mol. The van der Waals surface area contributed by atoms with Crippen LogP contribution in [0.4, 0.5) is 11.4 Å². The van der Waals surface area contributed by atoms with Gasteiger partial charge in [0.15, 0.2) is 0 Å². The molecule has 104 valence electrons. The van der Waals surface area contributed by atoms with Gasteiger partial charge in [-0.25, -0.2) is 0 Å². The van der Waals surface area contributed by atoms with Crippen molar-refractivity contribution in [2.24, 2.45) is 0 Å². The Labute approximate surface area is 113 Å². The molecular formula is C14H21N3O2. The minimum absolute atomic E-state index is 0.0234. The minimum atomic E-state index is -0.243. The molecule has 0 aliphatic heterocycles. The molecule has 0 atom stereocenters. The number of amides is 2. The molecule has 0 saturated heterocycles. The Morgan fingerprint density at radius 3 is 2.47 bits per heavy atom. The third-order valence-electron chi connectivity index (χ3n) is 2.39. The molecule has 0 aliphatic carbocycles. The number of carbonyl (C=O) groups is 2. The highest BCUT2D eigenvalue weighted by Crippen LogP contribution is 2.23. The van der Waals surface area contributed by atoms with Crippen LogP contribution < -0.4 is 16.0 Å². The molecule has 1 aromatic rings. The van der Waals surface area contributed by atoms with Gasteiger partial charge >= 0.3 is 0 Å². The van der Waals surface area contributed by atoms with E-state index < -0.39 is 0 Å². The molecular weight excluding hydrogens is 242 g/mol. The van der Waals surface area contributed by atoms with Crippen LogP contribution in [0.2, 0.25) is 0 Å². The smallest absolute Gasteiger partial charge is 0.243 e. The molecule has 2 amide bonds. The number of anilines is 2. The van der Waals surface area contributed by atoms with Crippen LogP contribution in [-0.4, -0.2) is 24.4 Å². The number of carbonyl (C=O) groups excluding carboxylic acids is 2. The molecule has 0 aliphatic rings. The van der Waals surface area contributed by atoms with E-state index in [1.807, 2.05) is 39.0 Å². The molecule has 0 unspecified atom stereocenters. The fourth-order valence-electron chi connectivity index (χ4n) is 1.60. The molecule has 0 aromatic heterocycles. The first-order chi connectivity index (χ1) is 8.88. The van der Waals surface area contributed by atoms with Gasteiger partial charge in [0.25, 0.3) is 0 Å². The highest BCUT2D eigenvalue weighted by atomic mass is 16.2. The maximum Gasteiger partial charge on any atom is 0.243 e. The molecule has 0 radical (unpaired) electrons. The number of benzene rings is 1. The number of nitrogens with one attached hydrogen (secondary N) is 3. The molecule has 5 nitrogen and oxygen atoms in total. The van der Waals surface area contributed by atoms with E-state index >= 15 is 0 Å². The van der Waals surface area contributed by atoms with Gasteiger partial charge in [0, 0.05) is 13.0 Å². The van der Waals surface area contributed by atoms with Crippen LogP contribution in [0.15, 0.2) is 18.2 Å². The first-order valence-corrected chi connectivity index (χ1v) is 6.30. The Kier molecular flexibility index (Phi) is 5.36. The van der Waals surface area contributed by atoms with Crippen LogP contribution in [0.5, 0.6) is 0 Å². The third kappa shape index (κ3) is 5.42. The average molecular weight is 263 g/mol. The van der Waals surface area contributed by atoms with Crippen molar-refractivity contribution >= 4 is 23.2 Å². The molecule has 0 saturated carbocycles. The average Bonchev–Trinajstić information content (AvgIpc) is 2.29. The summed E-state index contributed by atoms with van der Waals surface area (Å²) in [6.07, 6.45) is 0. The van der Waals surface area contributed by atoms with Gasteiger partial charge in [0.1, 0.15) is 0 Å². The van der Waals surface area contributed by atoms with E-state index in [4.69, 9.17) is 0 Å². The Morgan fingerprint density at radius 2 is 1.89 bits per heavy atom.